The lowest BCUT2D eigenvalue weighted by molar-refractivity contribution is 0.408. The Hall–Kier alpha value is -4.75. The SMILES string of the molecule is Cn1c(=O)c2c(nc(N/N=C/c3c(O)n(Cc4ccc(F)cc4)c(=O)[nH]c3=O)n2C)n(C)c1=O. The first-order chi connectivity index (χ1) is 16.1. The Bertz CT molecular complexity index is 1690. The standard InChI is InChI=1S/C20H19FN8O5/c1-26-13-14(27(2)20(34)28(3)17(13)32)23-18(26)25-22-8-12-15(30)24-19(33)29(16(12)31)9-10-4-6-11(21)7-5-10/h4-8,31H,9H2,1-3H3,(H,23,25)(H,24,30,33)/b22-8+. The van der Waals surface area contributed by atoms with E-state index >= 15 is 0 Å². The number of anilines is 1. The van der Waals surface area contributed by atoms with E-state index < -0.39 is 34.2 Å². The number of H-pyrrole nitrogens is 1. The summed E-state index contributed by atoms with van der Waals surface area (Å²) in [6.07, 6.45) is 0.977. The van der Waals surface area contributed by atoms with Gasteiger partial charge < -0.3 is 9.67 Å². The number of aryl methyl sites for hydroxylation is 2. The second kappa shape index (κ2) is 8.31. The summed E-state index contributed by atoms with van der Waals surface area (Å²) in [6.45, 7) is -0.127. The number of rotatable bonds is 5. The summed E-state index contributed by atoms with van der Waals surface area (Å²) >= 11 is 0. The lowest BCUT2D eigenvalue weighted by Crippen LogP contribution is -2.37. The third-order valence-electron chi connectivity index (χ3n) is 5.29. The largest absolute Gasteiger partial charge is 0.494 e. The molecule has 0 saturated carbocycles. The highest BCUT2D eigenvalue weighted by molar-refractivity contribution is 5.82. The molecule has 0 atom stereocenters. The molecule has 0 amide bonds. The number of hydrogen-bond donors (Lipinski definition) is 3. The fourth-order valence-corrected chi connectivity index (χ4v) is 3.38. The number of fused-ring (bicyclic) bond motifs is 1. The van der Waals surface area contributed by atoms with E-state index in [4.69, 9.17) is 0 Å². The minimum Gasteiger partial charge on any atom is -0.494 e. The number of nitrogens with zero attached hydrogens (tertiary/aromatic N) is 6. The quantitative estimate of drug-likeness (QED) is 0.253. The summed E-state index contributed by atoms with van der Waals surface area (Å²) in [6, 6.07) is 5.28. The summed E-state index contributed by atoms with van der Waals surface area (Å²) in [5.74, 6) is -1.02. The predicted octanol–water partition coefficient (Wildman–Crippen LogP) is -0.840. The number of imidazole rings is 1. The zero-order valence-corrected chi connectivity index (χ0v) is 18.2. The number of benzene rings is 1. The van der Waals surface area contributed by atoms with E-state index in [-0.39, 0.29) is 29.2 Å². The van der Waals surface area contributed by atoms with Crippen molar-refractivity contribution in [3.05, 3.63) is 82.9 Å². The van der Waals surface area contributed by atoms with Crippen LogP contribution in [0.5, 0.6) is 5.88 Å². The van der Waals surface area contributed by atoms with Crippen LogP contribution in [-0.2, 0) is 27.7 Å². The van der Waals surface area contributed by atoms with Crippen LogP contribution in [0, 0.1) is 5.82 Å². The molecule has 0 bridgehead atoms. The minimum atomic E-state index is -0.885. The zero-order valence-electron chi connectivity index (χ0n) is 18.2. The maximum Gasteiger partial charge on any atom is 0.332 e. The Kier molecular flexibility index (Phi) is 5.48. The fraction of sp³-hybridized carbons (Fsp3) is 0.200. The van der Waals surface area contributed by atoms with E-state index in [1.54, 1.807) is 0 Å². The van der Waals surface area contributed by atoms with Crippen LogP contribution >= 0.6 is 0 Å². The predicted molar refractivity (Wildman–Crippen MR) is 121 cm³/mol. The van der Waals surface area contributed by atoms with Gasteiger partial charge in [-0.15, -0.1) is 0 Å². The smallest absolute Gasteiger partial charge is 0.332 e. The zero-order chi connectivity index (χ0) is 24.7. The third-order valence-corrected chi connectivity index (χ3v) is 5.29. The molecular weight excluding hydrogens is 451 g/mol. The normalized spacial score (nSPS) is 11.5. The molecule has 0 fully saturated rings. The highest BCUT2D eigenvalue weighted by atomic mass is 19.1. The van der Waals surface area contributed by atoms with Gasteiger partial charge in [-0.3, -0.25) is 28.3 Å². The Morgan fingerprint density at radius 3 is 2.44 bits per heavy atom. The van der Waals surface area contributed by atoms with E-state index in [0.717, 1.165) is 15.3 Å². The Balaban J connectivity index is 1.69. The van der Waals surface area contributed by atoms with Crippen LogP contribution in [-0.4, -0.2) is 39.6 Å². The van der Waals surface area contributed by atoms with Crippen molar-refractivity contribution in [1.82, 2.24) is 28.2 Å². The van der Waals surface area contributed by atoms with Crippen LogP contribution in [0.2, 0.25) is 0 Å². The molecule has 0 saturated heterocycles. The average molecular weight is 470 g/mol. The van der Waals surface area contributed by atoms with Gasteiger partial charge in [-0.1, -0.05) is 12.1 Å². The lowest BCUT2D eigenvalue weighted by Gasteiger charge is -2.09. The van der Waals surface area contributed by atoms with Crippen molar-refractivity contribution in [2.75, 3.05) is 5.43 Å². The van der Waals surface area contributed by atoms with Crippen molar-refractivity contribution in [3.63, 3.8) is 0 Å². The van der Waals surface area contributed by atoms with Crippen molar-refractivity contribution in [3.8, 4) is 5.88 Å². The van der Waals surface area contributed by atoms with E-state index in [1.807, 2.05) is 0 Å². The van der Waals surface area contributed by atoms with Gasteiger partial charge in [-0.05, 0) is 17.7 Å². The van der Waals surface area contributed by atoms with Gasteiger partial charge in [0.25, 0.3) is 11.1 Å². The van der Waals surface area contributed by atoms with Crippen LogP contribution in [0.1, 0.15) is 11.1 Å². The van der Waals surface area contributed by atoms with Gasteiger partial charge in [-0.2, -0.15) is 10.1 Å². The molecular formula is C20H19FN8O5. The first kappa shape index (κ1) is 22.4. The molecule has 0 aliphatic rings. The fourth-order valence-electron chi connectivity index (χ4n) is 3.38. The van der Waals surface area contributed by atoms with E-state index in [1.165, 1.54) is 54.5 Å². The number of aromatic hydroxyl groups is 1. The molecule has 0 aliphatic heterocycles. The highest BCUT2D eigenvalue weighted by Gasteiger charge is 2.17. The van der Waals surface area contributed by atoms with Crippen LogP contribution in [0.15, 0.2) is 48.5 Å². The molecule has 0 radical (unpaired) electrons. The van der Waals surface area contributed by atoms with Gasteiger partial charge in [0.15, 0.2) is 11.2 Å². The molecule has 4 aromatic rings. The van der Waals surface area contributed by atoms with Crippen molar-refractivity contribution >= 4 is 23.3 Å². The van der Waals surface area contributed by atoms with Crippen LogP contribution in [0.4, 0.5) is 10.3 Å². The molecule has 4 rings (SSSR count). The van der Waals surface area contributed by atoms with Crippen molar-refractivity contribution in [2.24, 2.45) is 26.2 Å². The molecule has 14 heteroatoms. The first-order valence-corrected chi connectivity index (χ1v) is 9.82. The Morgan fingerprint density at radius 2 is 1.76 bits per heavy atom. The summed E-state index contributed by atoms with van der Waals surface area (Å²) in [4.78, 5) is 55.3. The molecule has 176 valence electrons. The lowest BCUT2D eigenvalue weighted by atomic mass is 10.2. The number of hydrogen-bond acceptors (Lipinski definition) is 8. The van der Waals surface area contributed by atoms with E-state index in [0.29, 0.717) is 5.56 Å². The summed E-state index contributed by atoms with van der Waals surface area (Å²) in [7, 11) is 4.34. The van der Waals surface area contributed by atoms with Gasteiger partial charge in [0.05, 0.1) is 12.8 Å². The molecule has 0 unspecified atom stereocenters. The van der Waals surface area contributed by atoms with Crippen molar-refractivity contribution in [1.29, 1.82) is 0 Å². The number of aromatic amines is 1. The topological polar surface area (TPSA) is 161 Å². The molecule has 0 aliphatic carbocycles. The van der Waals surface area contributed by atoms with Crippen molar-refractivity contribution < 1.29 is 9.50 Å². The van der Waals surface area contributed by atoms with Gasteiger partial charge in [0, 0.05) is 21.1 Å². The van der Waals surface area contributed by atoms with Crippen LogP contribution in [0.3, 0.4) is 0 Å². The molecule has 3 aromatic heterocycles. The number of aromatic nitrogens is 6. The first-order valence-electron chi connectivity index (χ1n) is 9.82. The van der Waals surface area contributed by atoms with Gasteiger partial charge in [0.1, 0.15) is 11.4 Å². The van der Waals surface area contributed by atoms with Crippen molar-refractivity contribution in [2.45, 2.75) is 6.54 Å². The molecule has 3 heterocycles. The number of nitrogens with one attached hydrogen (secondary N) is 2. The number of hydrazone groups is 1. The molecule has 1 aromatic carbocycles. The van der Waals surface area contributed by atoms with E-state index in [9.17, 15) is 28.7 Å². The second-order valence-corrected chi connectivity index (χ2v) is 7.45. The number of halogens is 1. The van der Waals surface area contributed by atoms with Crippen LogP contribution in [0.25, 0.3) is 11.2 Å². The van der Waals surface area contributed by atoms with E-state index in [2.05, 4.69) is 20.5 Å². The Labute approximate surface area is 188 Å². The van der Waals surface area contributed by atoms with Crippen LogP contribution < -0.4 is 27.9 Å². The third kappa shape index (κ3) is 3.70. The summed E-state index contributed by atoms with van der Waals surface area (Å²) in [5, 5.41) is 14.4. The highest BCUT2D eigenvalue weighted by Crippen LogP contribution is 2.14. The Morgan fingerprint density at radius 1 is 1.09 bits per heavy atom. The van der Waals surface area contributed by atoms with Gasteiger partial charge in [-0.25, -0.2) is 19.4 Å². The molecule has 34 heavy (non-hydrogen) atoms. The average Bonchev–Trinajstić information content (AvgIpc) is 3.13. The maximum absolute atomic E-state index is 13.1. The van der Waals surface area contributed by atoms with Gasteiger partial charge in [0.2, 0.25) is 11.8 Å². The monoisotopic (exact) mass is 470 g/mol. The minimum absolute atomic E-state index is 0.0834. The molecule has 0 spiro atoms. The van der Waals surface area contributed by atoms with Gasteiger partial charge >= 0.3 is 11.4 Å². The summed E-state index contributed by atoms with van der Waals surface area (Å²) < 4.78 is 17.6. The second-order valence-electron chi connectivity index (χ2n) is 7.45. The summed E-state index contributed by atoms with van der Waals surface area (Å²) in [5.41, 5.74) is 0.178. The molecule has 13 nitrogen and oxygen atoms in total. The molecule has 3 N–H and O–H groups in total. The maximum atomic E-state index is 13.1.